The number of anilines is 1. The van der Waals surface area contributed by atoms with E-state index >= 15 is 0 Å². The van der Waals surface area contributed by atoms with Crippen molar-refractivity contribution < 1.29 is 9.53 Å². The molecule has 0 atom stereocenters. The Labute approximate surface area is 133 Å². The fourth-order valence-corrected chi connectivity index (χ4v) is 2.71. The van der Waals surface area contributed by atoms with Crippen molar-refractivity contribution in [2.24, 2.45) is 0 Å². The highest BCUT2D eigenvalue weighted by Crippen LogP contribution is 2.30. The number of amides is 1. The first-order chi connectivity index (χ1) is 9.93. The lowest BCUT2D eigenvalue weighted by Crippen LogP contribution is -2.14. The lowest BCUT2D eigenvalue weighted by molar-refractivity contribution is 0.102. The van der Waals surface area contributed by atoms with Crippen LogP contribution in [-0.4, -0.2) is 13.0 Å². The second kappa shape index (κ2) is 6.31. The Morgan fingerprint density at radius 3 is 2.52 bits per heavy atom. The van der Waals surface area contributed by atoms with Gasteiger partial charge in [0.2, 0.25) is 0 Å². The van der Waals surface area contributed by atoms with Crippen molar-refractivity contribution in [2.45, 2.75) is 20.8 Å². The van der Waals surface area contributed by atoms with Gasteiger partial charge in [-0.15, -0.1) is 0 Å². The van der Waals surface area contributed by atoms with Crippen LogP contribution in [0.25, 0.3) is 0 Å². The van der Waals surface area contributed by atoms with Crippen LogP contribution in [-0.2, 0) is 0 Å². The summed E-state index contributed by atoms with van der Waals surface area (Å²) in [5.41, 5.74) is 4.39. The number of ether oxygens (including phenoxy) is 1. The maximum atomic E-state index is 12.4. The number of carbonyl (C=O) groups excluding carboxylic acids is 1. The van der Waals surface area contributed by atoms with E-state index in [4.69, 9.17) is 4.74 Å². The van der Waals surface area contributed by atoms with E-state index in [1.165, 1.54) is 0 Å². The van der Waals surface area contributed by atoms with Crippen LogP contribution in [0.15, 0.2) is 34.8 Å². The fourth-order valence-electron chi connectivity index (χ4n) is 2.28. The van der Waals surface area contributed by atoms with Crippen molar-refractivity contribution in [3.8, 4) is 5.75 Å². The molecule has 4 heteroatoms. The Morgan fingerprint density at radius 2 is 1.86 bits per heavy atom. The van der Waals surface area contributed by atoms with Gasteiger partial charge in [0.1, 0.15) is 5.75 Å². The Bertz CT molecular complexity index is 695. The maximum absolute atomic E-state index is 12.4. The molecule has 3 nitrogen and oxygen atoms in total. The van der Waals surface area contributed by atoms with Crippen LogP contribution in [0.3, 0.4) is 0 Å². The van der Waals surface area contributed by atoms with Gasteiger partial charge in [-0.3, -0.25) is 4.79 Å². The number of hydrogen-bond acceptors (Lipinski definition) is 2. The zero-order valence-corrected chi connectivity index (χ0v) is 14.2. The van der Waals surface area contributed by atoms with E-state index in [0.717, 1.165) is 32.6 Å². The molecule has 21 heavy (non-hydrogen) atoms. The largest absolute Gasteiger partial charge is 0.496 e. The summed E-state index contributed by atoms with van der Waals surface area (Å²) in [5.74, 6) is 0.663. The van der Waals surface area contributed by atoms with Crippen LogP contribution in [0.1, 0.15) is 27.0 Å². The molecule has 0 fully saturated rings. The van der Waals surface area contributed by atoms with Gasteiger partial charge in [-0.1, -0.05) is 17.7 Å². The van der Waals surface area contributed by atoms with Crippen molar-refractivity contribution in [3.63, 3.8) is 0 Å². The van der Waals surface area contributed by atoms with Crippen LogP contribution in [0, 0.1) is 20.8 Å². The minimum absolute atomic E-state index is 0.139. The lowest BCUT2D eigenvalue weighted by Gasteiger charge is -2.14. The summed E-state index contributed by atoms with van der Waals surface area (Å²) in [4.78, 5) is 12.4. The standard InChI is InChI=1S/C17H18BrNO2/c1-10-5-7-14(18)13(9-10)17(20)19-15-8-6-11(2)16(21-4)12(15)3/h5-9H,1-4H3,(H,19,20). The molecule has 0 heterocycles. The van der Waals surface area contributed by atoms with Crippen LogP contribution in [0.2, 0.25) is 0 Å². The van der Waals surface area contributed by atoms with Gasteiger partial charge >= 0.3 is 0 Å². The Morgan fingerprint density at radius 1 is 1.14 bits per heavy atom. The first-order valence-electron chi connectivity index (χ1n) is 6.65. The molecule has 1 amide bonds. The van der Waals surface area contributed by atoms with E-state index in [0.29, 0.717) is 5.56 Å². The lowest BCUT2D eigenvalue weighted by atomic mass is 10.1. The van der Waals surface area contributed by atoms with E-state index in [-0.39, 0.29) is 5.91 Å². The summed E-state index contributed by atoms with van der Waals surface area (Å²) >= 11 is 3.42. The van der Waals surface area contributed by atoms with Gasteiger partial charge in [0, 0.05) is 15.7 Å². The predicted molar refractivity (Wildman–Crippen MR) is 89.3 cm³/mol. The van der Waals surface area contributed by atoms with E-state index in [1.54, 1.807) is 7.11 Å². The Hall–Kier alpha value is -1.81. The predicted octanol–water partition coefficient (Wildman–Crippen LogP) is 4.64. The number of benzene rings is 2. The number of rotatable bonds is 3. The van der Waals surface area contributed by atoms with E-state index in [1.807, 2.05) is 51.1 Å². The van der Waals surface area contributed by atoms with Crippen LogP contribution in [0.4, 0.5) is 5.69 Å². The molecule has 0 saturated heterocycles. The van der Waals surface area contributed by atoms with Gasteiger partial charge in [-0.25, -0.2) is 0 Å². The molecule has 0 radical (unpaired) electrons. The number of nitrogens with one attached hydrogen (secondary N) is 1. The quantitative estimate of drug-likeness (QED) is 0.878. The van der Waals surface area contributed by atoms with Gasteiger partial charge in [0.15, 0.2) is 0 Å². The SMILES string of the molecule is COc1c(C)ccc(NC(=O)c2cc(C)ccc2Br)c1C. The Kier molecular flexibility index (Phi) is 4.68. The highest BCUT2D eigenvalue weighted by atomic mass is 79.9. The third-order valence-electron chi connectivity index (χ3n) is 3.42. The third-order valence-corrected chi connectivity index (χ3v) is 4.11. The molecule has 2 rings (SSSR count). The highest BCUT2D eigenvalue weighted by molar-refractivity contribution is 9.10. The molecule has 0 aliphatic carbocycles. The monoisotopic (exact) mass is 347 g/mol. The molecule has 1 N–H and O–H groups in total. The molecule has 0 aliphatic heterocycles. The normalized spacial score (nSPS) is 10.3. The van der Waals surface area contributed by atoms with Crippen LogP contribution in [0.5, 0.6) is 5.75 Å². The average molecular weight is 348 g/mol. The topological polar surface area (TPSA) is 38.3 Å². The minimum Gasteiger partial charge on any atom is -0.496 e. The van der Waals surface area contributed by atoms with Crippen molar-refractivity contribution in [1.29, 1.82) is 0 Å². The molecule has 0 aliphatic rings. The molecular weight excluding hydrogens is 330 g/mol. The first-order valence-corrected chi connectivity index (χ1v) is 7.45. The second-order valence-electron chi connectivity index (χ2n) is 5.03. The average Bonchev–Trinajstić information content (AvgIpc) is 2.45. The van der Waals surface area contributed by atoms with Gasteiger partial charge < -0.3 is 10.1 Å². The number of aryl methyl sites for hydroxylation is 2. The van der Waals surface area contributed by atoms with Crippen molar-refractivity contribution in [1.82, 2.24) is 0 Å². The number of halogens is 1. The molecule has 2 aromatic carbocycles. The number of hydrogen-bond donors (Lipinski definition) is 1. The molecule has 2 aromatic rings. The maximum Gasteiger partial charge on any atom is 0.256 e. The van der Waals surface area contributed by atoms with E-state index in [9.17, 15) is 4.79 Å². The summed E-state index contributed by atoms with van der Waals surface area (Å²) in [5, 5.41) is 2.95. The summed E-state index contributed by atoms with van der Waals surface area (Å²) in [6.07, 6.45) is 0. The van der Waals surface area contributed by atoms with Crippen LogP contribution < -0.4 is 10.1 Å². The molecule has 0 aromatic heterocycles. The summed E-state index contributed by atoms with van der Waals surface area (Å²) in [6, 6.07) is 9.54. The van der Waals surface area contributed by atoms with Crippen molar-refractivity contribution in [3.05, 3.63) is 57.1 Å². The number of methoxy groups -OCH3 is 1. The molecule has 0 saturated carbocycles. The molecular formula is C17H18BrNO2. The Balaban J connectivity index is 2.34. The zero-order valence-electron chi connectivity index (χ0n) is 12.6. The van der Waals surface area contributed by atoms with E-state index < -0.39 is 0 Å². The molecule has 110 valence electrons. The molecule has 0 unspecified atom stereocenters. The molecule has 0 bridgehead atoms. The van der Waals surface area contributed by atoms with Gasteiger partial charge in [0.25, 0.3) is 5.91 Å². The van der Waals surface area contributed by atoms with Crippen LogP contribution >= 0.6 is 15.9 Å². The summed E-state index contributed by atoms with van der Waals surface area (Å²) in [6.45, 7) is 5.88. The van der Waals surface area contributed by atoms with E-state index in [2.05, 4.69) is 21.2 Å². The second-order valence-corrected chi connectivity index (χ2v) is 5.88. The first kappa shape index (κ1) is 15.6. The molecule has 0 spiro atoms. The summed E-state index contributed by atoms with van der Waals surface area (Å²) in [7, 11) is 1.64. The van der Waals surface area contributed by atoms with Gasteiger partial charge in [-0.2, -0.15) is 0 Å². The van der Waals surface area contributed by atoms with Gasteiger partial charge in [0.05, 0.1) is 12.7 Å². The summed E-state index contributed by atoms with van der Waals surface area (Å²) < 4.78 is 6.17. The third kappa shape index (κ3) is 3.27. The van der Waals surface area contributed by atoms with Crippen molar-refractivity contribution >= 4 is 27.5 Å². The number of carbonyl (C=O) groups is 1. The fraction of sp³-hybridized carbons (Fsp3) is 0.235. The highest BCUT2D eigenvalue weighted by Gasteiger charge is 2.14. The minimum atomic E-state index is -0.139. The zero-order chi connectivity index (χ0) is 15.6. The van der Waals surface area contributed by atoms with Crippen molar-refractivity contribution in [2.75, 3.05) is 12.4 Å². The smallest absolute Gasteiger partial charge is 0.256 e. The van der Waals surface area contributed by atoms with Gasteiger partial charge in [-0.05, 0) is 60.5 Å².